The average molecular weight is 385 g/mol. The summed E-state index contributed by atoms with van der Waals surface area (Å²) >= 11 is 0. The molecule has 28 heavy (non-hydrogen) atoms. The van der Waals surface area contributed by atoms with Crippen LogP contribution in [0.3, 0.4) is 0 Å². The normalized spacial score (nSPS) is 12.2. The molecule has 6 nitrogen and oxygen atoms in total. The monoisotopic (exact) mass is 385 g/mol. The van der Waals surface area contributed by atoms with Crippen LogP contribution in [0.1, 0.15) is 31.9 Å². The number of nitrogens with one attached hydrogen (secondary N) is 1. The third-order valence-electron chi connectivity index (χ3n) is 4.85. The van der Waals surface area contributed by atoms with E-state index >= 15 is 0 Å². The van der Waals surface area contributed by atoms with Crippen molar-refractivity contribution in [1.29, 1.82) is 0 Å². The van der Waals surface area contributed by atoms with Crippen molar-refractivity contribution in [2.75, 3.05) is 19.5 Å². The molecule has 0 spiro atoms. The van der Waals surface area contributed by atoms with E-state index < -0.39 is 17.3 Å². The van der Waals surface area contributed by atoms with Crippen molar-refractivity contribution in [3.05, 3.63) is 53.6 Å². The Hall–Kier alpha value is -3.02. The number of benzene rings is 2. The van der Waals surface area contributed by atoms with Crippen LogP contribution in [0.15, 0.2) is 42.5 Å². The number of carbonyl (C=O) groups excluding carboxylic acids is 1. The van der Waals surface area contributed by atoms with Gasteiger partial charge in [0.15, 0.2) is 11.5 Å². The Kier molecular flexibility index (Phi) is 6.67. The summed E-state index contributed by atoms with van der Waals surface area (Å²) in [6.07, 6.45) is 0.445. The van der Waals surface area contributed by atoms with Crippen LogP contribution in [-0.2, 0) is 21.4 Å². The van der Waals surface area contributed by atoms with Crippen LogP contribution in [0.2, 0.25) is 0 Å². The first-order valence-corrected chi connectivity index (χ1v) is 9.04. The lowest BCUT2D eigenvalue weighted by Gasteiger charge is -2.25. The summed E-state index contributed by atoms with van der Waals surface area (Å²) in [6.45, 7) is 5.35. The Morgan fingerprint density at radius 1 is 1.04 bits per heavy atom. The van der Waals surface area contributed by atoms with E-state index in [1.165, 1.54) is 0 Å². The number of anilines is 1. The second-order valence-electron chi connectivity index (χ2n) is 7.29. The summed E-state index contributed by atoms with van der Waals surface area (Å²) in [5, 5.41) is 11.9. The Morgan fingerprint density at radius 3 is 2.18 bits per heavy atom. The van der Waals surface area contributed by atoms with Gasteiger partial charge in [-0.05, 0) is 55.7 Å². The van der Waals surface area contributed by atoms with E-state index in [-0.39, 0.29) is 5.91 Å². The summed E-state index contributed by atoms with van der Waals surface area (Å²) in [4.78, 5) is 23.9. The minimum absolute atomic E-state index is 0.161. The van der Waals surface area contributed by atoms with Gasteiger partial charge in [-0.25, -0.2) is 0 Å². The molecule has 0 fully saturated rings. The van der Waals surface area contributed by atoms with Gasteiger partial charge in [0.05, 0.1) is 25.6 Å². The van der Waals surface area contributed by atoms with Crippen molar-refractivity contribution >= 4 is 17.6 Å². The molecule has 1 unspecified atom stereocenters. The highest BCUT2D eigenvalue weighted by atomic mass is 16.5. The van der Waals surface area contributed by atoms with Gasteiger partial charge >= 0.3 is 5.97 Å². The lowest BCUT2D eigenvalue weighted by atomic mass is 9.83. The predicted octanol–water partition coefficient (Wildman–Crippen LogP) is 3.88. The van der Waals surface area contributed by atoms with Crippen LogP contribution in [-0.4, -0.2) is 31.2 Å². The molecule has 2 N–H and O–H groups in total. The number of carbonyl (C=O) groups is 2. The minimum Gasteiger partial charge on any atom is -0.493 e. The van der Waals surface area contributed by atoms with Crippen LogP contribution in [0, 0.1) is 5.92 Å². The van der Waals surface area contributed by atoms with Crippen molar-refractivity contribution in [3.8, 4) is 11.5 Å². The lowest BCUT2D eigenvalue weighted by Crippen LogP contribution is -2.34. The first-order valence-electron chi connectivity index (χ1n) is 9.04. The number of carboxylic acids is 1. The molecule has 1 amide bonds. The quantitative estimate of drug-likeness (QED) is 0.720. The molecule has 0 bridgehead atoms. The summed E-state index contributed by atoms with van der Waals surface area (Å²) in [5.74, 6) is -0.267. The molecule has 0 saturated carbocycles. The maximum absolute atomic E-state index is 12.9. The fraction of sp³-hybridized carbons (Fsp3) is 0.364. The van der Waals surface area contributed by atoms with Crippen molar-refractivity contribution in [3.63, 3.8) is 0 Å². The average Bonchev–Trinajstić information content (AvgIpc) is 2.68. The van der Waals surface area contributed by atoms with E-state index in [1.54, 1.807) is 45.4 Å². The molecule has 2 aromatic rings. The largest absolute Gasteiger partial charge is 0.493 e. The molecule has 2 rings (SSSR count). The molecule has 0 radical (unpaired) electrons. The van der Waals surface area contributed by atoms with E-state index in [0.717, 1.165) is 11.1 Å². The van der Waals surface area contributed by atoms with Gasteiger partial charge in [0, 0.05) is 5.69 Å². The number of carboxylic acid groups (broad SMARTS) is 1. The Morgan fingerprint density at radius 2 is 1.64 bits per heavy atom. The van der Waals surface area contributed by atoms with Gasteiger partial charge in [0.2, 0.25) is 5.91 Å². The van der Waals surface area contributed by atoms with E-state index in [9.17, 15) is 9.59 Å². The summed E-state index contributed by atoms with van der Waals surface area (Å²) in [7, 11) is 3.12. The van der Waals surface area contributed by atoms with Crippen LogP contribution < -0.4 is 14.8 Å². The first-order chi connectivity index (χ1) is 13.2. The standard InChI is InChI=1S/C22H27NO5/c1-14(20(24)25)12-15-6-9-17(10-7-15)23-21(26)22(2,3)16-8-11-18(27-4)19(13-16)28-5/h6-11,13-14H,12H2,1-5H3,(H,23,26)(H,24,25). The number of amides is 1. The Bertz CT molecular complexity index is 843. The molecule has 0 aliphatic heterocycles. The smallest absolute Gasteiger partial charge is 0.306 e. The molecular formula is C22H27NO5. The van der Waals surface area contributed by atoms with E-state index in [0.29, 0.717) is 23.6 Å². The fourth-order valence-electron chi connectivity index (χ4n) is 2.81. The zero-order valence-corrected chi connectivity index (χ0v) is 16.9. The third kappa shape index (κ3) is 4.82. The van der Waals surface area contributed by atoms with Gasteiger partial charge in [-0.1, -0.05) is 25.1 Å². The van der Waals surface area contributed by atoms with Crippen LogP contribution in [0.5, 0.6) is 11.5 Å². The second kappa shape index (κ2) is 8.78. The van der Waals surface area contributed by atoms with Gasteiger partial charge in [0.25, 0.3) is 0 Å². The summed E-state index contributed by atoms with van der Waals surface area (Å²) in [6, 6.07) is 12.7. The number of methoxy groups -OCH3 is 2. The van der Waals surface area contributed by atoms with E-state index in [1.807, 2.05) is 32.0 Å². The van der Waals surface area contributed by atoms with Gasteiger partial charge in [-0.15, -0.1) is 0 Å². The number of hydrogen-bond donors (Lipinski definition) is 2. The van der Waals surface area contributed by atoms with Crippen molar-refractivity contribution in [2.24, 2.45) is 5.92 Å². The molecule has 6 heteroatoms. The van der Waals surface area contributed by atoms with Gasteiger partial charge in [-0.2, -0.15) is 0 Å². The van der Waals surface area contributed by atoms with Gasteiger partial charge < -0.3 is 19.9 Å². The first kappa shape index (κ1) is 21.3. The molecule has 0 aliphatic carbocycles. The Labute approximate surface area is 165 Å². The zero-order valence-electron chi connectivity index (χ0n) is 16.9. The molecule has 0 heterocycles. The molecule has 150 valence electrons. The highest BCUT2D eigenvalue weighted by Crippen LogP contribution is 2.34. The molecular weight excluding hydrogens is 358 g/mol. The van der Waals surface area contributed by atoms with Crippen LogP contribution in [0.25, 0.3) is 0 Å². The SMILES string of the molecule is COc1ccc(C(C)(C)C(=O)Nc2ccc(CC(C)C(=O)O)cc2)cc1OC. The number of ether oxygens (including phenoxy) is 2. The summed E-state index contributed by atoms with van der Waals surface area (Å²) < 4.78 is 10.6. The molecule has 0 saturated heterocycles. The fourth-order valence-corrected chi connectivity index (χ4v) is 2.81. The second-order valence-corrected chi connectivity index (χ2v) is 7.29. The predicted molar refractivity (Wildman–Crippen MR) is 108 cm³/mol. The number of rotatable bonds is 8. The maximum atomic E-state index is 12.9. The minimum atomic E-state index is -0.825. The van der Waals surface area contributed by atoms with E-state index in [4.69, 9.17) is 14.6 Å². The highest BCUT2D eigenvalue weighted by Gasteiger charge is 2.31. The van der Waals surface area contributed by atoms with Gasteiger partial charge in [0.1, 0.15) is 0 Å². The third-order valence-corrected chi connectivity index (χ3v) is 4.85. The Balaban J connectivity index is 2.13. The lowest BCUT2D eigenvalue weighted by molar-refractivity contribution is -0.141. The molecule has 1 atom stereocenters. The van der Waals surface area contributed by atoms with Gasteiger partial charge in [-0.3, -0.25) is 9.59 Å². The topological polar surface area (TPSA) is 84.9 Å². The summed E-state index contributed by atoms with van der Waals surface area (Å²) in [5.41, 5.74) is 1.57. The van der Waals surface area contributed by atoms with Crippen molar-refractivity contribution in [2.45, 2.75) is 32.6 Å². The highest BCUT2D eigenvalue weighted by molar-refractivity contribution is 5.98. The van der Waals surface area contributed by atoms with Crippen molar-refractivity contribution < 1.29 is 24.2 Å². The number of hydrogen-bond acceptors (Lipinski definition) is 4. The van der Waals surface area contributed by atoms with E-state index in [2.05, 4.69) is 5.32 Å². The van der Waals surface area contributed by atoms with Crippen LogP contribution >= 0.6 is 0 Å². The number of aliphatic carboxylic acids is 1. The molecule has 0 aliphatic rings. The van der Waals surface area contributed by atoms with Crippen LogP contribution in [0.4, 0.5) is 5.69 Å². The molecule has 2 aromatic carbocycles. The van der Waals surface area contributed by atoms with Crippen molar-refractivity contribution in [1.82, 2.24) is 0 Å². The molecule has 0 aromatic heterocycles. The maximum Gasteiger partial charge on any atom is 0.306 e. The zero-order chi connectivity index (χ0) is 20.9.